The largest absolute Gasteiger partial charge is 0.465 e. The minimum absolute atomic E-state index is 0.000394. The molecule has 4 nitrogen and oxygen atoms in total. The number of carbonyl (C=O) groups is 1. The van der Waals surface area contributed by atoms with Crippen LogP contribution in [-0.2, 0) is 14.3 Å². The molecular weight excluding hydrogens is 184 g/mol. The van der Waals surface area contributed by atoms with E-state index < -0.39 is 11.0 Å². The van der Waals surface area contributed by atoms with Crippen molar-refractivity contribution in [2.24, 2.45) is 11.3 Å². The summed E-state index contributed by atoms with van der Waals surface area (Å²) in [5.41, 5.74) is -0.993. The van der Waals surface area contributed by atoms with Crippen molar-refractivity contribution in [3.63, 3.8) is 0 Å². The quantitative estimate of drug-likeness (QED) is 0.607. The van der Waals surface area contributed by atoms with Gasteiger partial charge in [-0.2, -0.15) is 0 Å². The summed E-state index contributed by atoms with van der Waals surface area (Å²) in [7, 11) is 0. The van der Waals surface area contributed by atoms with E-state index in [4.69, 9.17) is 9.47 Å². The molecule has 4 heteroatoms. The van der Waals surface area contributed by atoms with Crippen LogP contribution >= 0.6 is 0 Å². The molecule has 78 valence electrons. The first-order chi connectivity index (χ1) is 6.63. The maximum atomic E-state index is 11.6. The molecule has 0 spiro atoms. The van der Waals surface area contributed by atoms with Crippen molar-refractivity contribution in [3.05, 3.63) is 0 Å². The van der Waals surface area contributed by atoms with Crippen LogP contribution < -0.4 is 0 Å². The van der Waals surface area contributed by atoms with Crippen molar-refractivity contribution in [1.82, 2.24) is 0 Å². The zero-order valence-electron chi connectivity index (χ0n) is 8.16. The lowest BCUT2D eigenvalue weighted by Gasteiger charge is -2.33. The van der Waals surface area contributed by atoms with Crippen LogP contribution in [0.3, 0.4) is 0 Å². The van der Waals surface area contributed by atoms with E-state index in [1.54, 1.807) is 0 Å². The second-order valence-corrected chi connectivity index (χ2v) is 4.80. The summed E-state index contributed by atoms with van der Waals surface area (Å²) in [6.45, 7) is 2.32. The number of fused-ring (bicyclic) bond motifs is 5. The molecule has 0 aromatic carbocycles. The molecule has 3 fully saturated rings. The van der Waals surface area contributed by atoms with Crippen LogP contribution in [0.2, 0.25) is 0 Å². The summed E-state index contributed by atoms with van der Waals surface area (Å²) in [4.78, 5) is 11.6. The van der Waals surface area contributed by atoms with Gasteiger partial charge in [0.2, 0.25) is 0 Å². The van der Waals surface area contributed by atoms with E-state index in [1.165, 1.54) is 0 Å². The van der Waals surface area contributed by atoms with Gasteiger partial charge in [-0.15, -0.1) is 0 Å². The van der Waals surface area contributed by atoms with Crippen molar-refractivity contribution in [2.75, 3.05) is 13.2 Å². The Morgan fingerprint density at radius 1 is 1.64 bits per heavy atom. The number of aliphatic hydroxyl groups is 1. The maximum absolute atomic E-state index is 11.6. The van der Waals surface area contributed by atoms with Gasteiger partial charge < -0.3 is 14.6 Å². The van der Waals surface area contributed by atoms with Gasteiger partial charge in [-0.3, -0.25) is 4.79 Å². The Labute approximate surface area is 82.2 Å². The molecular formula is C10H14O4. The van der Waals surface area contributed by atoms with Gasteiger partial charge in [-0.1, -0.05) is 0 Å². The first-order valence-electron chi connectivity index (χ1n) is 5.09. The summed E-state index contributed by atoms with van der Waals surface area (Å²) >= 11 is 0. The number of hydrogen-bond acceptors (Lipinski definition) is 4. The molecule has 2 unspecified atom stereocenters. The number of esters is 1. The minimum atomic E-state index is -0.499. The Morgan fingerprint density at radius 2 is 2.43 bits per heavy atom. The summed E-state index contributed by atoms with van der Waals surface area (Å²) in [5, 5.41) is 9.40. The topological polar surface area (TPSA) is 55.8 Å². The highest BCUT2D eigenvalue weighted by atomic mass is 16.6. The van der Waals surface area contributed by atoms with Crippen LogP contribution in [0, 0.1) is 11.3 Å². The molecule has 0 aromatic heterocycles. The molecule has 0 amide bonds. The lowest BCUT2D eigenvalue weighted by Crippen LogP contribution is -2.46. The number of cyclic esters (lactones) is 1. The van der Waals surface area contributed by atoms with Gasteiger partial charge in [-0.25, -0.2) is 0 Å². The summed E-state index contributed by atoms with van der Waals surface area (Å²) in [6, 6.07) is 0. The van der Waals surface area contributed by atoms with Crippen molar-refractivity contribution in [2.45, 2.75) is 31.5 Å². The molecule has 3 aliphatic heterocycles. The highest BCUT2D eigenvalue weighted by Crippen LogP contribution is 2.60. The Bertz CT molecular complexity index is 302. The fraction of sp³-hybridized carbons (Fsp3) is 0.900. The molecule has 3 heterocycles. The lowest BCUT2D eigenvalue weighted by atomic mass is 9.64. The normalized spacial score (nSPS) is 54.9. The highest BCUT2D eigenvalue weighted by molar-refractivity contribution is 5.80. The van der Waals surface area contributed by atoms with Crippen molar-refractivity contribution < 1.29 is 19.4 Å². The standard InChI is InChI=1S/C10H14O4/c1-9-6(4-13-8(9)12)10(5-11)3-2-7(9)14-10/h6-7,11H,2-5H2,1H3/t6-,7?,9+,10?/m0/s1. The van der Waals surface area contributed by atoms with E-state index in [0.717, 1.165) is 12.8 Å². The Kier molecular flexibility index (Phi) is 1.43. The van der Waals surface area contributed by atoms with E-state index in [-0.39, 0.29) is 24.6 Å². The second kappa shape index (κ2) is 2.31. The minimum Gasteiger partial charge on any atom is -0.465 e. The molecule has 3 aliphatic rings. The molecule has 0 saturated carbocycles. The predicted octanol–water partition coefficient (Wildman–Crippen LogP) is 0.0894. The van der Waals surface area contributed by atoms with E-state index in [0.29, 0.717) is 6.61 Å². The van der Waals surface area contributed by atoms with Crippen LogP contribution in [0.5, 0.6) is 0 Å². The van der Waals surface area contributed by atoms with E-state index in [9.17, 15) is 9.90 Å². The van der Waals surface area contributed by atoms with Crippen LogP contribution in [-0.4, -0.2) is 36.0 Å². The SMILES string of the molecule is C[C@@]12C(=O)OC[C@@H]1C1(CO)CCC2O1. The van der Waals surface area contributed by atoms with Gasteiger partial charge in [-0.05, 0) is 19.8 Å². The molecule has 2 bridgehead atoms. The van der Waals surface area contributed by atoms with Crippen LogP contribution in [0.1, 0.15) is 19.8 Å². The molecule has 1 N–H and O–H groups in total. The first kappa shape index (κ1) is 8.68. The Morgan fingerprint density at radius 3 is 3.14 bits per heavy atom. The summed E-state index contributed by atoms with van der Waals surface area (Å²) in [6.07, 6.45) is 1.67. The van der Waals surface area contributed by atoms with E-state index >= 15 is 0 Å². The highest BCUT2D eigenvalue weighted by Gasteiger charge is 2.71. The zero-order valence-corrected chi connectivity index (χ0v) is 8.16. The third-order valence-electron chi connectivity index (χ3n) is 4.32. The zero-order chi connectivity index (χ0) is 9.97. The lowest BCUT2D eigenvalue weighted by molar-refractivity contribution is -0.150. The average molecular weight is 198 g/mol. The number of ether oxygens (including phenoxy) is 2. The molecule has 0 aromatic rings. The summed E-state index contributed by atoms with van der Waals surface area (Å²) < 4.78 is 10.9. The third kappa shape index (κ3) is 0.684. The third-order valence-corrected chi connectivity index (χ3v) is 4.32. The molecule has 0 aliphatic carbocycles. The molecule has 4 atom stereocenters. The van der Waals surface area contributed by atoms with Crippen molar-refractivity contribution in [3.8, 4) is 0 Å². The number of rotatable bonds is 1. The Hall–Kier alpha value is -0.610. The van der Waals surface area contributed by atoms with Gasteiger partial charge in [0, 0.05) is 5.92 Å². The average Bonchev–Trinajstić information content (AvgIpc) is 2.78. The molecule has 3 rings (SSSR count). The van der Waals surface area contributed by atoms with E-state index in [2.05, 4.69) is 0 Å². The number of carbonyl (C=O) groups excluding carboxylic acids is 1. The Balaban J connectivity index is 2.07. The second-order valence-electron chi connectivity index (χ2n) is 4.80. The van der Waals surface area contributed by atoms with Crippen molar-refractivity contribution >= 4 is 5.97 Å². The van der Waals surface area contributed by atoms with Gasteiger partial charge in [0.15, 0.2) is 0 Å². The van der Waals surface area contributed by atoms with Crippen LogP contribution in [0.15, 0.2) is 0 Å². The summed E-state index contributed by atoms with van der Waals surface area (Å²) in [5.74, 6) is -0.103. The fourth-order valence-corrected chi connectivity index (χ4v) is 3.37. The van der Waals surface area contributed by atoms with E-state index in [1.807, 2.05) is 6.92 Å². The molecule has 14 heavy (non-hydrogen) atoms. The number of aliphatic hydroxyl groups excluding tert-OH is 1. The fourth-order valence-electron chi connectivity index (χ4n) is 3.37. The first-order valence-corrected chi connectivity index (χ1v) is 5.09. The maximum Gasteiger partial charge on any atom is 0.314 e. The van der Waals surface area contributed by atoms with Gasteiger partial charge in [0.1, 0.15) is 5.41 Å². The van der Waals surface area contributed by atoms with Gasteiger partial charge in [0.25, 0.3) is 0 Å². The monoisotopic (exact) mass is 198 g/mol. The smallest absolute Gasteiger partial charge is 0.314 e. The van der Waals surface area contributed by atoms with Crippen LogP contribution in [0.4, 0.5) is 0 Å². The van der Waals surface area contributed by atoms with Crippen LogP contribution in [0.25, 0.3) is 0 Å². The molecule has 3 saturated heterocycles. The molecule has 0 radical (unpaired) electrons. The van der Waals surface area contributed by atoms with Crippen molar-refractivity contribution in [1.29, 1.82) is 0 Å². The predicted molar refractivity (Wildman–Crippen MR) is 46.5 cm³/mol. The van der Waals surface area contributed by atoms with Gasteiger partial charge >= 0.3 is 5.97 Å². The van der Waals surface area contributed by atoms with Gasteiger partial charge in [0.05, 0.1) is 24.9 Å². The number of hydrogen-bond donors (Lipinski definition) is 1.